The van der Waals surface area contributed by atoms with Gasteiger partial charge in [-0.15, -0.1) is 24.5 Å². The minimum atomic E-state index is -4.86. The monoisotopic (exact) mass is 554 g/mol. The van der Waals surface area contributed by atoms with Crippen LogP contribution in [0.25, 0.3) is 10.2 Å². The maximum absolute atomic E-state index is 13.5. The van der Waals surface area contributed by atoms with E-state index in [1.165, 1.54) is 29.8 Å². The van der Waals surface area contributed by atoms with Crippen molar-refractivity contribution in [2.75, 3.05) is 6.61 Å². The molecule has 37 heavy (non-hydrogen) atoms. The Morgan fingerprint density at radius 3 is 2.49 bits per heavy atom. The second kappa shape index (κ2) is 10.7. The molecule has 2 N–H and O–H groups in total. The Morgan fingerprint density at radius 1 is 1.14 bits per heavy atom. The fraction of sp³-hybridized carbons (Fsp3) is 0.280. The highest BCUT2D eigenvalue weighted by Gasteiger charge is 2.31. The van der Waals surface area contributed by atoms with Crippen LogP contribution in [0.5, 0.6) is 5.75 Å². The average Bonchev–Trinajstić information content (AvgIpc) is 3.21. The molecule has 0 aliphatic rings. The maximum atomic E-state index is 13.5. The SMILES string of the molecule is Cn1c(=O)n(CCCO)c(=O)c2c(C(O)c3ccc(Cl)cc3)c(Cc3cccc(OC(F)(F)F)c3)sc21. The molecule has 0 spiro atoms. The summed E-state index contributed by atoms with van der Waals surface area (Å²) in [5, 5.41) is 21.2. The fourth-order valence-corrected chi connectivity index (χ4v) is 5.54. The Hall–Kier alpha value is -3.12. The summed E-state index contributed by atoms with van der Waals surface area (Å²) in [6.45, 7) is -0.241. The molecule has 4 rings (SSSR count). The third kappa shape index (κ3) is 5.74. The first-order valence-electron chi connectivity index (χ1n) is 11.1. The van der Waals surface area contributed by atoms with Crippen molar-refractivity contribution in [1.29, 1.82) is 0 Å². The van der Waals surface area contributed by atoms with Crippen molar-refractivity contribution in [3.63, 3.8) is 0 Å². The van der Waals surface area contributed by atoms with Gasteiger partial charge in [0.05, 0.1) is 5.39 Å². The average molecular weight is 555 g/mol. The highest BCUT2D eigenvalue weighted by molar-refractivity contribution is 7.18. The number of rotatable bonds is 8. The van der Waals surface area contributed by atoms with E-state index in [0.29, 0.717) is 25.9 Å². The van der Waals surface area contributed by atoms with E-state index in [-0.39, 0.29) is 36.9 Å². The minimum absolute atomic E-state index is 0.0174. The first kappa shape index (κ1) is 26.9. The number of aryl methyl sites for hydroxylation is 1. The number of hydrogen-bond acceptors (Lipinski definition) is 6. The van der Waals surface area contributed by atoms with Crippen LogP contribution >= 0.6 is 22.9 Å². The topological polar surface area (TPSA) is 93.7 Å². The Morgan fingerprint density at radius 2 is 1.84 bits per heavy atom. The normalized spacial score (nSPS) is 12.7. The summed E-state index contributed by atoms with van der Waals surface area (Å²) in [4.78, 5) is 27.2. The lowest BCUT2D eigenvalue weighted by atomic mass is 9.97. The zero-order valence-electron chi connectivity index (χ0n) is 19.5. The number of hydrogen-bond donors (Lipinski definition) is 2. The van der Waals surface area contributed by atoms with Crippen molar-refractivity contribution in [3.8, 4) is 5.75 Å². The number of benzene rings is 2. The van der Waals surface area contributed by atoms with Gasteiger partial charge in [0.25, 0.3) is 5.56 Å². The molecule has 0 fully saturated rings. The zero-order valence-corrected chi connectivity index (χ0v) is 21.0. The van der Waals surface area contributed by atoms with Crippen LogP contribution in [-0.4, -0.2) is 32.3 Å². The van der Waals surface area contributed by atoms with E-state index in [4.69, 9.17) is 11.6 Å². The van der Waals surface area contributed by atoms with Crippen molar-refractivity contribution >= 4 is 33.2 Å². The molecule has 196 valence electrons. The summed E-state index contributed by atoms with van der Waals surface area (Å²) in [5.41, 5.74) is -0.0565. The summed E-state index contributed by atoms with van der Waals surface area (Å²) in [5.74, 6) is -0.398. The minimum Gasteiger partial charge on any atom is -0.406 e. The van der Waals surface area contributed by atoms with E-state index in [9.17, 15) is 33.0 Å². The lowest BCUT2D eigenvalue weighted by Crippen LogP contribution is -2.39. The van der Waals surface area contributed by atoms with Gasteiger partial charge in [0, 0.05) is 42.1 Å². The summed E-state index contributed by atoms with van der Waals surface area (Å²) in [6, 6.07) is 11.8. The summed E-state index contributed by atoms with van der Waals surface area (Å²) >= 11 is 7.09. The molecule has 0 saturated carbocycles. The van der Waals surface area contributed by atoms with Crippen molar-refractivity contribution in [2.45, 2.75) is 31.9 Å². The molecule has 0 radical (unpaired) electrons. The number of ether oxygens (including phenoxy) is 1. The molecule has 2 aromatic carbocycles. The first-order chi connectivity index (χ1) is 17.5. The third-order valence-corrected chi connectivity index (χ3v) is 7.31. The van der Waals surface area contributed by atoms with Gasteiger partial charge in [-0.05, 0) is 41.8 Å². The lowest BCUT2D eigenvalue weighted by Gasteiger charge is -2.15. The number of fused-ring (bicyclic) bond motifs is 1. The van der Waals surface area contributed by atoms with Gasteiger partial charge in [-0.3, -0.25) is 13.9 Å². The zero-order chi connectivity index (χ0) is 26.9. The van der Waals surface area contributed by atoms with Crippen LogP contribution < -0.4 is 16.0 Å². The van der Waals surface area contributed by atoms with Crippen molar-refractivity contribution in [1.82, 2.24) is 9.13 Å². The van der Waals surface area contributed by atoms with Gasteiger partial charge in [0.15, 0.2) is 0 Å². The highest BCUT2D eigenvalue weighted by atomic mass is 35.5. The van der Waals surface area contributed by atoms with E-state index in [1.54, 1.807) is 30.3 Å². The highest BCUT2D eigenvalue weighted by Crippen LogP contribution is 2.38. The third-order valence-electron chi connectivity index (χ3n) is 5.78. The van der Waals surface area contributed by atoms with Crippen molar-refractivity contribution in [2.24, 2.45) is 7.05 Å². The van der Waals surface area contributed by atoms with Gasteiger partial charge >= 0.3 is 12.1 Å². The summed E-state index contributed by atoms with van der Waals surface area (Å²) in [6.07, 6.45) is -5.89. The number of aromatic nitrogens is 2. The van der Waals surface area contributed by atoms with Crippen LogP contribution in [0.4, 0.5) is 13.2 Å². The quantitative estimate of drug-likeness (QED) is 0.337. The lowest BCUT2D eigenvalue weighted by molar-refractivity contribution is -0.274. The molecule has 0 aliphatic carbocycles. The molecule has 1 atom stereocenters. The van der Waals surface area contributed by atoms with Crippen molar-refractivity contribution < 1.29 is 28.1 Å². The van der Waals surface area contributed by atoms with Crippen LogP contribution in [0.15, 0.2) is 58.1 Å². The molecule has 2 heterocycles. The Kier molecular flexibility index (Phi) is 7.79. The Balaban J connectivity index is 1.92. The molecule has 7 nitrogen and oxygen atoms in total. The first-order valence-corrected chi connectivity index (χ1v) is 12.3. The molecule has 2 aromatic heterocycles. The predicted molar refractivity (Wildman–Crippen MR) is 134 cm³/mol. The van der Waals surface area contributed by atoms with Gasteiger partial charge in [-0.2, -0.15) is 0 Å². The van der Waals surface area contributed by atoms with E-state index in [0.717, 1.165) is 15.9 Å². The molecule has 0 bridgehead atoms. The second-order valence-corrected chi connectivity index (χ2v) is 9.84. The van der Waals surface area contributed by atoms with Gasteiger partial charge < -0.3 is 14.9 Å². The van der Waals surface area contributed by atoms with Crippen LogP contribution in [0.2, 0.25) is 5.02 Å². The van der Waals surface area contributed by atoms with Crippen LogP contribution in [-0.2, 0) is 20.0 Å². The maximum Gasteiger partial charge on any atom is 0.573 e. The number of halogens is 4. The largest absolute Gasteiger partial charge is 0.573 e. The van der Waals surface area contributed by atoms with Gasteiger partial charge in [-0.25, -0.2) is 4.79 Å². The van der Waals surface area contributed by atoms with Crippen LogP contribution in [0.3, 0.4) is 0 Å². The molecular weight excluding hydrogens is 533 g/mol. The number of nitrogens with zero attached hydrogens (tertiary/aromatic N) is 2. The fourth-order valence-electron chi connectivity index (χ4n) is 4.11. The van der Waals surface area contributed by atoms with E-state index < -0.39 is 29.5 Å². The number of aliphatic hydroxyl groups is 2. The van der Waals surface area contributed by atoms with E-state index in [1.807, 2.05) is 0 Å². The summed E-state index contributed by atoms with van der Waals surface area (Å²) < 4.78 is 44.5. The number of thiophene rings is 1. The predicted octanol–water partition coefficient (Wildman–Crippen LogP) is 4.37. The molecule has 0 saturated heterocycles. The van der Waals surface area contributed by atoms with Gasteiger partial charge in [-0.1, -0.05) is 35.9 Å². The molecule has 4 aromatic rings. The van der Waals surface area contributed by atoms with Crippen molar-refractivity contribution in [3.05, 3.63) is 96.0 Å². The molecule has 1 unspecified atom stereocenters. The van der Waals surface area contributed by atoms with Crippen LogP contribution in [0, 0.1) is 0 Å². The standard InChI is InChI=1S/C25H22ClF3N2O5S/c1-30-23-20(22(34)31(24(30)35)10-3-11-32)19(21(33)15-6-8-16(26)9-7-15)18(37-23)13-14-4-2-5-17(12-14)36-25(27,28)29/h2,4-9,12,21,32-33H,3,10-11,13H2,1H3. The molecule has 12 heteroatoms. The summed E-state index contributed by atoms with van der Waals surface area (Å²) in [7, 11) is 1.50. The smallest absolute Gasteiger partial charge is 0.406 e. The van der Waals surface area contributed by atoms with Gasteiger partial charge in [0.2, 0.25) is 0 Å². The Labute approximate surface area is 217 Å². The van der Waals surface area contributed by atoms with E-state index in [2.05, 4.69) is 4.74 Å². The molecule has 0 aliphatic heterocycles. The van der Waals surface area contributed by atoms with Gasteiger partial charge in [0.1, 0.15) is 16.7 Å². The second-order valence-electron chi connectivity index (χ2n) is 8.32. The molecule has 0 amide bonds. The van der Waals surface area contributed by atoms with E-state index >= 15 is 0 Å². The Bertz CT molecular complexity index is 1540. The van der Waals surface area contributed by atoms with Crippen LogP contribution in [0.1, 0.15) is 34.1 Å². The number of alkyl halides is 3. The molecular formula is C25H22ClF3N2O5S. The number of aliphatic hydroxyl groups excluding tert-OH is 2.